The van der Waals surface area contributed by atoms with Gasteiger partial charge in [-0.1, -0.05) is 64.1 Å². The molecule has 0 saturated carbocycles. The Kier molecular flexibility index (Phi) is 5.54. The maximum Gasteiger partial charge on any atom is 0.0713 e. The summed E-state index contributed by atoms with van der Waals surface area (Å²) < 4.78 is 0. The average molecular weight is 305 g/mol. The van der Waals surface area contributed by atoms with E-state index in [-0.39, 0.29) is 0 Å². The van der Waals surface area contributed by atoms with Gasteiger partial charge in [0.05, 0.1) is 5.69 Å². The van der Waals surface area contributed by atoms with Crippen LogP contribution in [0.5, 0.6) is 0 Å². The lowest BCUT2D eigenvalue weighted by Gasteiger charge is -2.16. The first-order valence-corrected chi connectivity index (χ1v) is 8.53. The van der Waals surface area contributed by atoms with E-state index >= 15 is 0 Å². The van der Waals surface area contributed by atoms with Gasteiger partial charge in [0.2, 0.25) is 0 Å². The second-order valence-corrected chi connectivity index (χ2v) is 6.06. The van der Waals surface area contributed by atoms with Crippen LogP contribution in [0.1, 0.15) is 50.3 Å². The van der Waals surface area contributed by atoms with E-state index in [9.17, 15) is 0 Å². The van der Waals surface area contributed by atoms with Crippen molar-refractivity contribution in [1.82, 2.24) is 4.98 Å². The van der Waals surface area contributed by atoms with Crippen LogP contribution >= 0.6 is 0 Å². The van der Waals surface area contributed by atoms with E-state index in [0.29, 0.717) is 5.92 Å². The zero-order valence-corrected chi connectivity index (χ0v) is 15.1. The Morgan fingerprint density at radius 3 is 2.22 bits per heavy atom. The predicted molar refractivity (Wildman–Crippen MR) is 102 cm³/mol. The van der Waals surface area contributed by atoms with E-state index in [1.165, 1.54) is 33.0 Å². The number of nitrogens with zero attached hydrogens (tertiary/aromatic N) is 1. The van der Waals surface area contributed by atoms with Gasteiger partial charge in [-0.05, 0) is 53.3 Å². The lowest BCUT2D eigenvalue weighted by Crippen LogP contribution is -1.97. The van der Waals surface area contributed by atoms with Gasteiger partial charge in [0.25, 0.3) is 0 Å². The van der Waals surface area contributed by atoms with Crippen LogP contribution in [0.25, 0.3) is 22.0 Å². The van der Waals surface area contributed by atoms with E-state index < -0.39 is 0 Å². The van der Waals surface area contributed by atoms with Crippen LogP contribution in [0.15, 0.2) is 48.7 Å². The van der Waals surface area contributed by atoms with Crippen molar-refractivity contribution >= 4 is 10.8 Å². The maximum atomic E-state index is 4.70. The quantitative estimate of drug-likeness (QED) is 0.515. The molecule has 0 atom stereocenters. The summed E-state index contributed by atoms with van der Waals surface area (Å²) in [5.41, 5.74) is 6.27. The minimum atomic E-state index is 0.480. The zero-order chi connectivity index (χ0) is 17.0. The Balaban J connectivity index is 0.000000924. The standard InChI is InChI=1S/C20H21N.C2H6/c1-13(2)17-10-9-16-7-5-6-8-18(16)20(17)19-11-14(3)15(4)12-21-19;1-2/h5-13H,1-4H3;1-2H3. The molecule has 0 fully saturated rings. The molecule has 0 bridgehead atoms. The number of hydrogen-bond donors (Lipinski definition) is 0. The average Bonchev–Trinajstić information content (AvgIpc) is 2.58. The third-order valence-electron chi connectivity index (χ3n) is 4.21. The topological polar surface area (TPSA) is 12.9 Å². The first kappa shape index (κ1) is 17.2. The molecule has 1 nitrogen and oxygen atoms in total. The normalized spacial score (nSPS) is 10.6. The lowest BCUT2D eigenvalue weighted by molar-refractivity contribution is 0.869. The van der Waals surface area contributed by atoms with Crippen LogP contribution in [0.2, 0.25) is 0 Å². The smallest absolute Gasteiger partial charge is 0.0713 e. The van der Waals surface area contributed by atoms with Gasteiger partial charge in [-0.25, -0.2) is 0 Å². The molecule has 0 spiro atoms. The Labute approximate surface area is 140 Å². The Morgan fingerprint density at radius 2 is 1.57 bits per heavy atom. The molecule has 0 aliphatic rings. The molecule has 2 aromatic carbocycles. The lowest BCUT2D eigenvalue weighted by atomic mass is 9.90. The fourth-order valence-electron chi connectivity index (χ4n) is 2.82. The largest absolute Gasteiger partial charge is 0.256 e. The van der Waals surface area contributed by atoms with Gasteiger partial charge in [-0.2, -0.15) is 0 Å². The number of aryl methyl sites for hydroxylation is 2. The zero-order valence-electron chi connectivity index (χ0n) is 15.1. The second kappa shape index (κ2) is 7.41. The van der Waals surface area contributed by atoms with Crippen molar-refractivity contribution in [2.24, 2.45) is 0 Å². The van der Waals surface area contributed by atoms with Crippen molar-refractivity contribution < 1.29 is 0 Å². The summed E-state index contributed by atoms with van der Waals surface area (Å²) in [5.74, 6) is 0.480. The van der Waals surface area contributed by atoms with Crippen molar-refractivity contribution in [3.05, 3.63) is 65.4 Å². The van der Waals surface area contributed by atoms with Crippen molar-refractivity contribution in [3.8, 4) is 11.3 Å². The highest BCUT2D eigenvalue weighted by Crippen LogP contribution is 2.35. The van der Waals surface area contributed by atoms with Crippen molar-refractivity contribution in [2.75, 3.05) is 0 Å². The van der Waals surface area contributed by atoms with Gasteiger partial charge in [0, 0.05) is 11.8 Å². The van der Waals surface area contributed by atoms with Gasteiger partial charge in [-0.15, -0.1) is 0 Å². The minimum absolute atomic E-state index is 0.480. The van der Waals surface area contributed by atoms with Crippen LogP contribution in [-0.2, 0) is 0 Å². The molecule has 0 aliphatic carbocycles. The number of rotatable bonds is 2. The number of fused-ring (bicyclic) bond motifs is 1. The summed E-state index contributed by atoms with van der Waals surface area (Å²) in [7, 11) is 0. The fourth-order valence-corrected chi connectivity index (χ4v) is 2.82. The molecular weight excluding hydrogens is 278 g/mol. The number of pyridine rings is 1. The Hall–Kier alpha value is -2.15. The molecule has 0 amide bonds. The molecule has 3 aromatic rings. The molecule has 0 radical (unpaired) electrons. The van der Waals surface area contributed by atoms with E-state index in [4.69, 9.17) is 4.98 Å². The molecule has 120 valence electrons. The second-order valence-electron chi connectivity index (χ2n) is 6.06. The number of hydrogen-bond acceptors (Lipinski definition) is 1. The molecule has 1 heteroatoms. The summed E-state index contributed by atoms with van der Waals surface area (Å²) in [5, 5.41) is 2.57. The third kappa shape index (κ3) is 3.44. The number of aromatic nitrogens is 1. The van der Waals surface area contributed by atoms with E-state index in [0.717, 1.165) is 5.69 Å². The summed E-state index contributed by atoms with van der Waals surface area (Å²) >= 11 is 0. The van der Waals surface area contributed by atoms with Gasteiger partial charge in [0.1, 0.15) is 0 Å². The number of benzene rings is 2. The van der Waals surface area contributed by atoms with Crippen LogP contribution in [0, 0.1) is 13.8 Å². The maximum absolute atomic E-state index is 4.70. The molecular formula is C22H27N. The predicted octanol–water partition coefficient (Wildman–Crippen LogP) is 6.67. The fraction of sp³-hybridized carbons (Fsp3) is 0.318. The molecule has 23 heavy (non-hydrogen) atoms. The van der Waals surface area contributed by atoms with E-state index in [2.05, 4.69) is 70.2 Å². The first-order chi connectivity index (χ1) is 11.1. The van der Waals surface area contributed by atoms with Crippen molar-refractivity contribution in [1.29, 1.82) is 0 Å². The van der Waals surface area contributed by atoms with E-state index in [1.807, 2.05) is 20.0 Å². The highest BCUT2D eigenvalue weighted by atomic mass is 14.7. The van der Waals surface area contributed by atoms with Crippen LogP contribution in [0.3, 0.4) is 0 Å². The Bertz CT molecular complexity index is 800. The summed E-state index contributed by atoms with van der Waals surface area (Å²) in [6.45, 7) is 12.8. The van der Waals surface area contributed by atoms with Crippen LogP contribution < -0.4 is 0 Å². The molecule has 3 rings (SSSR count). The molecule has 1 heterocycles. The SMILES string of the molecule is CC.Cc1cnc(-c2c(C(C)C)ccc3ccccc23)cc1C. The Morgan fingerprint density at radius 1 is 0.870 bits per heavy atom. The summed E-state index contributed by atoms with van der Waals surface area (Å²) in [4.78, 5) is 4.70. The molecule has 0 saturated heterocycles. The monoisotopic (exact) mass is 305 g/mol. The molecule has 0 unspecified atom stereocenters. The highest BCUT2D eigenvalue weighted by Gasteiger charge is 2.14. The van der Waals surface area contributed by atoms with Gasteiger partial charge in [0.15, 0.2) is 0 Å². The van der Waals surface area contributed by atoms with Crippen molar-refractivity contribution in [2.45, 2.75) is 47.5 Å². The highest BCUT2D eigenvalue weighted by molar-refractivity contribution is 5.97. The van der Waals surface area contributed by atoms with Gasteiger partial charge >= 0.3 is 0 Å². The van der Waals surface area contributed by atoms with Crippen LogP contribution in [0.4, 0.5) is 0 Å². The third-order valence-corrected chi connectivity index (χ3v) is 4.21. The molecule has 0 N–H and O–H groups in total. The van der Waals surface area contributed by atoms with Gasteiger partial charge in [-0.3, -0.25) is 4.98 Å². The molecule has 1 aromatic heterocycles. The first-order valence-electron chi connectivity index (χ1n) is 8.53. The van der Waals surface area contributed by atoms with Crippen molar-refractivity contribution in [3.63, 3.8) is 0 Å². The summed E-state index contributed by atoms with van der Waals surface area (Å²) in [6, 6.07) is 15.3. The van der Waals surface area contributed by atoms with Gasteiger partial charge < -0.3 is 0 Å². The van der Waals surface area contributed by atoms with Crippen LogP contribution in [-0.4, -0.2) is 4.98 Å². The summed E-state index contributed by atoms with van der Waals surface area (Å²) in [6.07, 6.45) is 1.98. The minimum Gasteiger partial charge on any atom is -0.256 e. The molecule has 0 aliphatic heterocycles. The van der Waals surface area contributed by atoms with E-state index in [1.54, 1.807) is 0 Å².